The number of hydrogen-bond donors (Lipinski definition) is 2. The zero-order valence-electron chi connectivity index (χ0n) is 11.5. The third kappa shape index (κ3) is 3.06. The standard InChI is InChI=1S/C15H17N3O2/c1-3-17-15(19)12-9-11(7-8-18-12)20-13-6-4-5-10(2)14(13)16/h4-9H,3,16H2,1-2H3,(H,17,19). The molecule has 0 bridgehead atoms. The van der Waals surface area contributed by atoms with E-state index in [1.54, 1.807) is 18.2 Å². The molecule has 20 heavy (non-hydrogen) atoms. The minimum absolute atomic E-state index is 0.227. The number of nitrogens with zero attached hydrogens (tertiary/aromatic N) is 1. The summed E-state index contributed by atoms with van der Waals surface area (Å²) in [5, 5.41) is 2.69. The summed E-state index contributed by atoms with van der Waals surface area (Å²) in [4.78, 5) is 15.7. The summed E-state index contributed by atoms with van der Waals surface area (Å²) in [6.07, 6.45) is 1.53. The smallest absolute Gasteiger partial charge is 0.270 e. The van der Waals surface area contributed by atoms with Gasteiger partial charge in [-0.1, -0.05) is 12.1 Å². The molecule has 1 aromatic carbocycles. The van der Waals surface area contributed by atoms with Crippen LogP contribution in [0.1, 0.15) is 23.0 Å². The molecule has 0 aliphatic rings. The zero-order chi connectivity index (χ0) is 14.5. The predicted molar refractivity (Wildman–Crippen MR) is 77.9 cm³/mol. The minimum Gasteiger partial charge on any atom is -0.455 e. The van der Waals surface area contributed by atoms with Crippen molar-refractivity contribution in [1.29, 1.82) is 0 Å². The first-order chi connectivity index (χ1) is 9.61. The summed E-state index contributed by atoms with van der Waals surface area (Å²) < 4.78 is 5.71. The van der Waals surface area contributed by atoms with E-state index in [9.17, 15) is 4.79 Å². The first-order valence-electron chi connectivity index (χ1n) is 6.39. The van der Waals surface area contributed by atoms with Crippen molar-refractivity contribution in [3.63, 3.8) is 0 Å². The highest BCUT2D eigenvalue weighted by Gasteiger charge is 2.09. The monoisotopic (exact) mass is 271 g/mol. The number of nitrogens with one attached hydrogen (secondary N) is 1. The van der Waals surface area contributed by atoms with E-state index in [0.29, 0.717) is 29.4 Å². The SMILES string of the molecule is CCNC(=O)c1cc(Oc2cccc(C)c2N)ccn1. The molecule has 0 saturated carbocycles. The number of nitrogens with two attached hydrogens (primary N) is 1. The van der Waals surface area contributed by atoms with Crippen LogP contribution in [0.2, 0.25) is 0 Å². The quantitative estimate of drug-likeness (QED) is 0.838. The van der Waals surface area contributed by atoms with Crippen LogP contribution in [0.4, 0.5) is 5.69 Å². The molecule has 3 N–H and O–H groups in total. The molecule has 104 valence electrons. The lowest BCUT2D eigenvalue weighted by Gasteiger charge is -2.10. The molecule has 0 radical (unpaired) electrons. The van der Waals surface area contributed by atoms with Crippen molar-refractivity contribution in [2.24, 2.45) is 0 Å². The van der Waals surface area contributed by atoms with Crippen LogP contribution in [0, 0.1) is 6.92 Å². The van der Waals surface area contributed by atoms with Gasteiger partial charge in [0.15, 0.2) is 5.75 Å². The summed E-state index contributed by atoms with van der Waals surface area (Å²) in [6.45, 7) is 4.32. The first kappa shape index (κ1) is 13.9. The van der Waals surface area contributed by atoms with Gasteiger partial charge >= 0.3 is 0 Å². The van der Waals surface area contributed by atoms with Gasteiger partial charge in [0.1, 0.15) is 11.4 Å². The molecule has 5 nitrogen and oxygen atoms in total. The average molecular weight is 271 g/mol. The average Bonchev–Trinajstić information content (AvgIpc) is 2.44. The Morgan fingerprint density at radius 3 is 2.95 bits per heavy atom. The Labute approximate surface area is 117 Å². The molecule has 1 aromatic heterocycles. The van der Waals surface area contributed by atoms with Crippen molar-refractivity contribution in [2.45, 2.75) is 13.8 Å². The Bertz CT molecular complexity index is 626. The first-order valence-corrected chi connectivity index (χ1v) is 6.39. The molecule has 1 heterocycles. The third-order valence-corrected chi connectivity index (χ3v) is 2.81. The molecular weight excluding hydrogens is 254 g/mol. The third-order valence-electron chi connectivity index (χ3n) is 2.81. The van der Waals surface area contributed by atoms with Crippen LogP contribution < -0.4 is 15.8 Å². The number of hydrogen-bond acceptors (Lipinski definition) is 4. The van der Waals surface area contributed by atoms with Crippen LogP contribution in [0.15, 0.2) is 36.5 Å². The van der Waals surface area contributed by atoms with Gasteiger partial charge in [-0.25, -0.2) is 0 Å². The van der Waals surface area contributed by atoms with Crippen LogP contribution in [0.25, 0.3) is 0 Å². The van der Waals surface area contributed by atoms with E-state index in [1.165, 1.54) is 6.20 Å². The molecule has 0 saturated heterocycles. The van der Waals surface area contributed by atoms with Gasteiger partial charge in [0.05, 0.1) is 5.69 Å². The highest BCUT2D eigenvalue weighted by molar-refractivity contribution is 5.92. The summed E-state index contributed by atoms with van der Waals surface area (Å²) in [5.41, 5.74) is 7.80. The number of anilines is 1. The van der Waals surface area contributed by atoms with Gasteiger partial charge < -0.3 is 15.8 Å². The summed E-state index contributed by atoms with van der Waals surface area (Å²) in [6, 6.07) is 8.84. The van der Waals surface area contributed by atoms with Gasteiger partial charge in [0.25, 0.3) is 5.91 Å². The number of aryl methyl sites for hydroxylation is 1. The Morgan fingerprint density at radius 1 is 1.40 bits per heavy atom. The summed E-state index contributed by atoms with van der Waals surface area (Å²) >= 11 is 0. The molecule has 0 spiro atoms. The van der Waals surface area contributed by atoms with Crippen LogP contribution in [-0.2, 0) is 0 Å². The number of ether oxygens (including phenoxy) is 1. The number of pyridine rings is 1. The van der Waals surface area contributed by atoms with E-state index in [1.807, 2.05) is 26.0 Å². The second kappa shape index (κ2) is 6.06. The van der Waals surface area contributed by atoms with Crippen molar-refractivity contribution in [3.05, 3.63) is 47.8 Å². The van der Waals surface area contributed by atoms with Crippen molar-refractivity contribution in [1.82, 2.24) is 10.3 Å². The molecule has 0 atom stereocenters. The fourth-order valence-electron chi connectivity index (χ4n) is 1.72. The molecule has 0 unspecified atom stereocenters. The number of amides is 1. The second-order valence-electron chi connectivity index (χ2n) is 4.33. The Balaban J connectivity index is 2.24. The normalized spacial score (nSPS) is 10.1. The van der Waals surface area contributed by atoms with Crippen molar-refractivity contribution in [2.75, 3.05) is 12.3 Å². The lowest BCUT2D eigenvalue weighted by Crippen LogP contribution is -2.23. The fourth-order valence-corrected chi connectivity index (χ4v) is 1.72. The topological polar surface area (TPSA) is 77.2 Å². The van der Waals surface area contributed by atoms with Gasteiger partial charge in [0, 0.05) is 18.8 Å². The van der Waals surface area contributed by atoms with Crippen LogP contribution in [0.5, 0.6) is 11.5 Å². The highest BCUT2D eigenvalue weighted by atomic mass is 16.5. The van der Waals surface area contributed by atoms with Gasteiger partial charge in [0.2, 0.25) is 0 Å². The maximum Gasteiger partial charge on any atom is 0.270 e. The van der Waals surface area contributed by atoms with E-state index in [4.69, 9.17) is 10.5 Å². The maximum absolute atomic E-state index is 11.7. The summed E-state index contributed by atoms with van der Waals surface area (Å²) in [5.74, 6) is 0.867. The predicted octanol–water partition coefficient (Wildman–Crippen LogP) is 2.51. The molecule has 2 rings (SSSR count). The van der Waals surface area contributed by atoms with Gasteiger partial charge in [-0.15, -0.1) is 0 Å². The number of rotatable bonds is 4. The van der Waals surface area contributed by atoms with E-state index in [2.05, 4.69) is 10.3 Å². The second-order valence-corrected chi connectivity index (χ2v) is 4.33. The molecule has 0 aliphatic heterocycles. The van der Waals surface area contributed by atoms with Crippen LogP contribution >= 0.6 is 0 Å². The Morgan fingerprint density at radius 2 is 2.20 bits per heavy atom. The maximum atomic E-state index is 11.7. The van der Waals surface area contributed by atoms with Gasteiger partial charge in [-0.3, -0.25) is 9.78 Å². The Kier molecular flexibility index (Phi) is 4.20. The van der Waals surface area contributed by atoms with Crippen molar-refractivity contribution >= 4 is 11.6 Å². The van der Waals surface area contributed by atoms with E-state index >= 15 is 0 Å². The lowest BCUT2D eigenvalue weighted by atomic mass is 10.2. The number of nitrogen functional groups attached to an aromatic ring is 1. The van der Waals surface area contributed by atoms with Crippen molar-refractivity contribution in [3.8, 4) is 11.5 Å². The fraction of sp³-hybridized carbons (Fsp3) is 0.200. The number of carbonyl (C=O) groups excluding carboxylic acids is 1. The van der Waals surface area contributed by atoms with Crippen LogP contribution in [-0.4, -0.2) is 17.4 Å². The molecule has 2 aromatic rings. The molecule has 1 amide bonds. The van der Waals surface area contributed by atoms with Gasteiger partial charge in [-0.05, 0) is 31.5 Å². The zero-order valence-corrected chi connectivity index (χ0v) is 11.5. The minimum atomic E-state index is -0.227. The number of benzene rings is 1. The Hall–Kier alpha value is -2.56. The number of carbonyl (C=O) groups is 1. The number of para-hydroxylation sites is 1. The molecule has 5 heteroatoms. The molecular formula is C15H17N3O2. The summed E-state index contributed by atoms with van der Waals surface area (Å²) in [7, 11) is 0. The van der Waals surface area contributed by atoms with Crippen molar-refractivity contribution < 1.29 is 9.53 Å². The van der Waals surface area contributed by atoms with E-state index in [0.717, 1.165) is 5.56 Å². The lowest BCUT2D eigenvalue weighted by molar-refractivity contribution is 0.0950. The van der Waals surface area contributed by atoms with Crippen LogP contribution in [0.3, 0.4) is 0 Å². The number of aromatic nitrogens is 1. The van der Waals surface area contributed by atoms with E-state index < -0.39 is 0 Å². The molecule has 0 fully saturated rings. The highest BCUT2D eigenvalue weighted by Crippen LogP contribution is 2.29. The van der Waals surface area contributed by atoms with E-state index in [-0.39, 0.29) is 5.91 Å². The molecule has 0 aliphatic carbocycles. The largest absolute Gasteiger partial charge is 0.455 e. The van der Waals surface area contributed by atoms with Gasteiger partial charge in [-0.2, -0.15) is 0 Å².